The second-order valence-corrected chi connectivity index (χ2v) is 8.07. The molecule has 8 nitrogen and oxygen atoms in total. The number of amidine groups is 1. The van der Waals surface area contributed by atoms with Gasteiger partial charge in [0.05, 0.1) is 11.4 Å². The first-order valence-electron chi connectivity index (χ1n) is 11.3. The Morgan fingerprint density at radius 1 is 0.658 bits per heavy atom. The van der Waals surface area contributed by atoms with Gasteiger partial charge in [0.1, 0.15) is 17.5 Å². The summed E-state index contributed by atoms with van der Waals surface area (Å²) < 4.78 is 25.4. The van der Waals surface area contributed by atoms with Crippen molar-refractivity contribution in [2.45, 2.75) is 6.54 Å². The Morgan fingerprint density at radius 2 is 1.11 bits per heavy atom. The lowest BCUT2D eigenvalue weighted by Crippen LogP contribution is -2.29. The third-order valence-corrected chi connectivity index (χ3v) is 5.49. The molecule has 2 heterocycles. The molecule has 3 aromatic carbocycles. The Morgan fingerprint density at radius 3 is 1.63 bits per heavy atom. The molecule has 4 amide bonds. The fraction of sp³-hybridized carbons (Fsp3) is 0.0357. The van der Waals surface area contributed by atoms with Gasteiger partial charge in [0.15, 0.2) is 0 Å². The van der Waals surface area contributed by atoms with Crippen molar-refractivity contribution in [3.8, 4) is 0 Å². The summed E-state index contributed by atoms with van der Waals surface area (Å²) in [5.41, 5.74) is 2.15. The van der Waals surface area contributed by atoms with Crippen molar-refractivity contribution < 1.29 is 28.0 Å². The van der Waals surface area contributed by atoms with Crippen LogP contribution < -0.4 is 15.1 Å². The number of nitrogens with one attached hydrogen (secondary N) is 2. The Kier molecular flexibility index (Phi) is 7.62. The van der Waals surface area contributed by atoms with E-state index in [1.807, 2.05) is 0 Å². The molecule has 0 bridgehead atoms. The van der Waals surface area contributed by atoms with Crippen molar-refractivity contribution in [1.29, 1.82) is 5.41 Å². The van der Waals surface area contributed by atoms with Crippen LogP contribution in [0.1, 0.15) is 15.9 Å². The summed E-state index contributed by atoms with van der Waals surface area (Å²) in [6, 6.07) is 17.5. The van der Waals surface area contributed by atoms with Gasteiger partial charge in [0.2, 0.25) is 0 Å². The van der Waals surface area contributed by atoms with Crippen molar-refractivity contribution in [2.24, 2.45) is 0 Å². The molecule has 0 aliphatic carbocycles. The highest BCUT2D eigenvalue weighted by Crippen LogP contribution is 2.20. The highest BCUT2D eigenvalue weighted by molar-refractivity contribution is 6.29. The van der Waals surface area contributed by atoms with E-state index in [0.717, 1.165) is 10.5 Å². The first kappa shape index (κ1) is 25.8. The zero-order valence-electron chi connectivity index (χ0n) is 19.7. The van der Waals surface area contributed by atoms with Gasteiger partial charge in [-0.1, -0.05) is 12.1 Å². The number of hydrogen-bond acceptors (Lipinski definition) is 5. The van der Waals surface area contributed by atoms with Gasteiger partial charge in [-0.2, -0.15) is 0 Å². The Hall–Kier alpha value is -5.25. The zero-order valence-corrected chi connectivity index (χ0v) is 19.7. The molecular formula is C28H20F2N4O4. The minimum Gasteiger partial charge on any atom is -0.348 e. The van der Waals surface area contributed by atoms with Crippen molar-refractivity contribution in [1.82, 2.24) is 5.32 Å². The summed E-state index contributed by atoms with van der Waals surface area (Å²) >= 11 is 0. The van der Waals surface area contributed by atoms with Crippen molar-refractivity contribution >= 4 is 40.8 Å². The lowest BCUT2D eigenvalue weighted by Gasteiger charge is -2.16. The molecule has 190 valence electrons. The first-order valence-corrected chi connectivity index (χ1v) is 11.3. The molecule has 0 saturated carbocycles. The number of carbonyl (C=O) groups is 4. The number of carbonyl (C=O) groups excluding carboxylic acids is 4. The van der Waals surface area contributed by atoms with Crippen LogP contribution in [0.3, 0.4) is 0 Å². The lowest BCUT2D eigenvalue weighted by molar-refractivity contribution is -0.120. The Bertz CT molecular complexity index is 1430. The molecule has 0 fully saturated rings. The number of benzene rings is 3. The fourth-order valence-electron chi connectivity index (χ4n) is 3.58. The normalized spacial score (nSPS) is 14.2. The van der Waals surface area contributed by atoms with E-state index in [2.05, 4.69) is 5.32 Å². The van der Waals surface area contributed by atoms with Crippen LogP contribution in [0.2, 0.25) is 0 Å². The van der Waals surface area contributed by atoms with E-state index in [-0.39, 0.29) is 23.5 Å². The summed E-state index contributed by atoms with van der Waals surface area (Å²) in [6.45, 7) is 0.292. The third-order valence-electron chi connectivity index (χ3n) is 5.49. The minimum absolute atomic E-state index is 0.0912. The third kappa shape index (κ3) is 5.93. The van der Waals surface area contributed by atoms with E-state index in [1.54, 1.807) is 36.4 Å². The minimum atomic E-state index is -0.402. The summed E-state index contributed by atoms with van der Waals surface area (Å²) in [5.74, 6) is -1.99. The van der Waals surface area contributed by atoms with Crippen LogP contribution in [0.15, 0.2) is 97.1 Å². The van der Waals surface area contributed by atoms with E-state index in [4.69, 9.17) is 5.41 Å². The second-order valence-electron chi connectivity index (χ2n) is 8.07. The molecule has 3 aromatic rings. The molecule has 0 saturated heterocycles. The van der Waals surface area contributed by atoms with Crippen LogP contribution >= 0.6 is 0 Å². The fourth-order valence-corrected chi connectivity index (χ4v) is 3.58. The molecule has 2 N–H and O–H groups in total. The monoisotopic (exact) mass is 512 g/mol. The number of anilines is 2. The van der Waals surface area contributed by atoms with Crippen LogP contribution in [-0.2, 0) is 20.9 Å². The molecule has 38 heavy (non-hydrogen) atoms. The molecule has 0 radical (unpaired) electrons. The predicted octanol–water partition coefficient (Wildman–Crippen LogP) is 3.89. The van der Waals surface area contributed by atoms with Gasteiger partial charge >= 0.3 is 0 Å². The number of nitrogens with zero attached hydrogens (tertiary/aromatic N) is 2. The maximum atomic E-state index is 12.8. The number of hydrogen-bond donors (Lipinski definition) is 2. The summed E-state index contributed by atoms with van der Waals surface area (Å²) in [5, 5.41) is 10.4. The van der Waals surface area contributed by atoms with Crippen LogP contribution in [0.5, 0.6) is 0 Å². The van der Waals surface area contributed by atoms with Crippen LogP contribution in [0, 0.1) is 17.0 Å². The number of imide groups is 1. The van der Waals surface area contributed by atoms with Gasteiger partial charge in [-0.3, -0.25) is 29.5 Å². The largest absolute Gasteiger partial charge is 0.348 e. The molecule has 2 aliphatic heterocycles. The first-order chi connectivity index (χ1) is 18.2. The summed E-state index contributed by atoms with van der Waals surface area (Å²) in [7, 11) is 0. The smallest absolute Gasteiger partial charge is 0.258 e. The van der Waals surface area contributed by atoms with E-state index in [1.165, 1.54) is 65.6 Å². The standard InChI is InChI=1S/C18H14FN3O2.C10H6FNO2/c19-14-5-1-12(2-6-14)11-21-18(24)13-3-7-15(8-4-13)22-16(20)9-10-17(22)23;11-7-1-3-8(4-2-7)12-9(13)5-6-10(12)14/h1-10,20H,11H2,(H,21,24);1-6H/i19-1;11-1. The molecule has 10 heteroatoms. The topological polar surface area (TPSA) is 111 Å². The van der Waals surface area contributed by atoms with Gasteiger partial charge in [-0.05, 0) is 72.3 Å². The van der Waals surface area contributed by atoms with E-state index < -0.39 is 17.6 Å². The second kappa shape index (κ2) is 11.2. The average Bonchev–Trinajstić information content (AvgIpc) is 3.44. The predicted molar refractivity (Wildman–Crippen MR) is 136 cm³/mol. The van der Waals surface area contributed by atoms with E-state index in [0.29, 0.717) is 23.5 Å². The number of halogens is 2. The molecule has 0 aromatic heterocycles. The van der Waals surface area contributed by atoms with Crippen molar-refractivity contribution in [3.05, 3.63) is 120 Å². The van der Waals surface area contributed by atoms with Gasteiger partial charge < -0.3 is 5.32 Å². The van der Waals surface area contributed by atoms with Gasteiger partial charge in [-0.25, -0.2) is 13.7 Å². The number of amides is 4. The zero-order chi connectivity index (χ0) is 27.2. The molecule has 0 spiro atoms. The van der Waals surface area contributed by atoms with E-state index in [9.17, 15) is 28.0 Å². The van der Waals surface area contributed by atoms with Gasteiger partial charge in [-0.15, -0.1) is 0 Å². The maximum absolute atomic E-state index is 12.8. The van der Waals surface area contributed by atoms with Crippen LogP contribution in [0.25, 0.3) is 0 Å². The van der Waals surface area contributed by atoms with Gasteiger partial charge in [0, 0.05) is 30.3 Å². The SMILES string of the molecule is N=C1C=CC(=O)N1c1ccc(C(=O)NCc2ccc([18F])cc2)cc1.O=C1C=CC(=O)N1c1ccc([18F])cc1. The Balaban J connectivity index is 0.000000204. The van der Waals surface area contributed by atoms with Crippen molar-refractivity contribution in [3.63, 3.8) is 0 Å². The maximum Gasteiger partial charge on any atom is 0.258 e. The molecule has 2 aliphatic rings. The summed E-state index contributed by atoms with van der Waals surface area (Å²) in [6.07, 6.45) is 5.12. The quantitative estimate of drug-likeness (QED) is 0.506. The Labute approximate surface area is 216 Å². The number of rotatable bonds is 5. The highest BCUT2D eigenvalue weighted by Gasteiger charge is 2.25. The lowest BCUT2D eigenvalue weighted by atomic mass is 10.1. The van der Waals surface area contributed by atoms with Crippen LogP contribution in [0.4, 0.5) is 20.2 Å². The highest BCUT2D eigenvalue weighted by atomic mass is 18.2. The molecule has 0 atom stereocenters. The van der Waals surface area contributed by atoms with E-state index >= 15 is 0 Å². The average molecular weight is 512 g/mol. The molecule has 0 unspecified atom stereocenters. The van der Waals surface area contributed by atoms with Crippen molar-refractivity contribution in [2.75, 3.05) is 9.80 Å². The van der Waals surface area contributed by atoms with Crippen LogP contribution in [-0.4, -0.2) is 29.5 Å². The summed E-state index contributed by atoms with van der Waals surface area (Å²) in [4.78, 5) is 48.4. The van der Waals surface area contributed by atoms with Gasteiger partial charge in [0.25, 0.3) is 23.6 Å². The molecular weight excluding hydrogens is 492 g/mol. The molecule has 5 rings (SSSR count).